The van der Waals surface area contributed by atoms with Gasteiger partial charge in [0.05, 0.1) is 29.0 Å². The van der Waals surface area contributed by atoms with Crippen LogP contribution in [-0.2, 0) is 7.05 Å². The van der Waals surface area contributed by atoms with Gasteiger partial charge in [-0.25, -0.2) is 4.98 Å². The molecule has 1 saturated carbocycles. The lowest BCUT2D eigenvalue weighted by Gasteiger charge is -2.29. The van der Waals surface area contributed by atoms with Crippen LogP contribution in [0.25, 0.3) is 11.0 Å². The van der Waals surface area contributed by atoms with Gasteiger partial charge >= 0.3 is 0 Å². The maximum atomic E-state index is 12.8. The van der Waals surface area contributed by atoms with E-state index in [0.717, 1.165) is 42.5 Å². The monoisotopic (exact) mass is 349 g/mol. The van der Waals surface area contributed by atoms with Crippen molar-refractivity contribution in [1.29, 1.82) is 0 Å². The summed E-state index contributed by atoms with van der Waals surface area (Å²) in [5, 5.41) is 3.19. The molecule has 1 heterocycles. The van der Waals surface area contributed by atoms with Crippen LogP contribution in [0.2, 0.25) is 0 Å². The zero-order chi connectivity index (χ0) is 17.9. The molecule has 5 heteroatoms. The highest BCUT2D eigenvalue weighted by Crippen LogP contribution is 2.24. The molecular weight excluding hydrogens is 326 g/mol. The van der Waals surface area contributed by atoms with Crippen molar-refractivity contribution < 1.29 is 9.53 Å². The maximum Gasteiger partial charge on any atom is 0.253 e. The number of aromatic nitrogens is 2. The molecule has 0 bridgehead atoms. The number of amides is 1. The van der Waals surface area contributed by atoms with Gasteiger partial charge in [-0.3, -0.25) is 4.79 Å². The number of para-hydroxylation sites is 2. The van der Waals surface area contributed by atoms with Crippen molar-refractivity contribution >= 4 is 16.9 Å². The van der Waals surface area contributed by atoms with Gasteiger partial charge in [-0.1, -0.05) is 24.3 Å². The van der Waals surface area contributed by atoms with E-state index in [1.54, 1.807) is 6.33 Å². The zero-order valence-corrected chi connectivity index (χ0v) is 14.9. The third-order valence-corrected chi connectivity index (χ3v) is 5.04. The van der Waals surface area contributed by atoms with Gasteiger partial charge in [0, 0.05) is 13.1 Å². The Balaban J connectivity index is 1.37. The number of carbonyl (C=O) groups excluding carboxylic acids is 1. The molecule has 134 valence electrons. The molecule has 1 aromatic heterocycles. The first kappa shape index (κ1) is 16.6. The molecule has 5 nitrogen and oxygen atoms in total. The molecule has 1 N–H and O–H groups in total. The van der Waals surface area contributed by atoms with Crippen LogP contribution >= 0.6 is 0 Å². The molecule has 0 atom stereocenters. The molecule has 1 aliphatic rings. The number of nitrogens with one attached hydrogen (secondary N) is 1. The minimum atomic E-state index is -0.0216. The molecular formula is C21H23N3O2. The predicted octanol–water partition coefficient (Wildman–Crippen LogP) is 3.69. The van der Waals surface area contributed by atoms with Gasteiger partial charge in [0.25, 0.3) is 5.91 Å². The van der Waals surface area contributed by atoms with E-state index in [1.807, 2.05) is 60.1 Å². The van der Waals surface area contributed by atoms with Gasteiger partial charge in [-0.2, -0.15) is 0 Å². The van der Waals surface area contributed by atoms with Gasteiger partial charge < -0.3 is 14.6 Å². The predicted molar refractivity (Wildman–Crippen MR) is 101 cm³/mol. The number of fused-ring (bicyclic) bond motifs is 1. The van der Waals surface area contributed by atoms with Crippen LogP contribution in [0.15, 0.2) is 54.9 Å². The van der Waals surface area contributed by atoms with E-state index in [9.17, 15) is 4.79 Å². The van der Waals surface area contributed by atoms with Crippen LogP contribution in [0.5, 0.6) is 5.75 Å². The Hall–Kier alpha value is -2.82. The van der Waals surface area contributed by atoms with E-state index in [0.29, 0.717) is 5.56 Å². The van der Waals surface area contributed by atoms with E-state index < -0.39 is 0 Å². The Labute approximate surface area is 153 Å². The highest BCUT2D eigenvalue weighted by Gasteiger charge is 2.24. The molecule has 1 fully saturated rings. The molecule has 2 aromatic carbocycles. The summed E-state index contributed by atoms with van der Waals surface area (Å²) in [4.78, 5) is 17.1. The molecule has 26 heavy (non-hydrogen) atoms. The summed E-state index contributed by atoms with van der Waals surface area (Å²) in [5.41, 5.74) is 2.41. The van der Waals surface area contributed by atoms with E-state index in [4.69, 9.17) is 4.74 Å². The molecule has 1 aliphatic carbocycles. The van der Waals surface area contributed by atoms with Crippen LogP contribution < -0.4 is 10.1 Å². The van der Waals surface area contributed by atoms with Gasteiger partial charge in [0.15, 0.2) is 0 Å². The van der Waals surface area contributed by atoms with E-state index in [2.05, 4.69) is 10.3 Å². The quantitative estimate of drug-likeness (QED) is 0.781. The fourth-order valence-electron chi connectivity index (χ4n) is 3.68. The van der Waals surface area contributed by atoms with Crippen molar-refractivity contribution in [3.05, 3.63) is 60.4 Å². The fourth-order valence-corrected chi connectivity index (χ4v) is 3.68. The largest absolute Gasteiger partial charge is 0.490 e. The topological polar surface area (TPSA) is 56.2 Å². The minimum absolute atomic E-state index is 0.0216. The van der Waals surface area contributed by atoms with Crippen molar-refractivity contribution in [2.75, 3.05) is 0 Å². The second kappa shape index (κ2) is 7.20. The third kappa shape index (κ3) is 3.43. The Kier molecular flexibility index (Phi) is 4.61. The Morgan fingerprint density at radius 3 is 2.62 bits per heavy atom. The summed E-state index contributed by atoms with van der Waals surface area (Å²) in [6.07, 6.45) is 5.75. The number of carbonyl (C=O) groups is 1. The first-order chi connectivity index (χ1) is 12.7. The minimum Gasteiger partial charge on any atom is -0.490 e. The molecule has 0 radical (unpaired) electrons. The molecule has 0 saturated heterocycles. The second-order valence-corrected chi connectivity index (χ2v) is 6.91. The standard InChI is InChI=1S/C21H23N3O2/c1-24-14-22-19-9-5-8-18(20(19)24)21(25)23-15-10-12-17(13-11-15)26-16-6-3-2-4-7-16/h2-9,14-15,17H,10-13H2,1H3,(H,23,25). The van der Waals surface area contributed by atoms with E-state index in [-0.39, 0.29) is 18.1 Å². The number of ether oxygens (including phenoxy) is 1. The molecule has 4 rings (SSSR count). The van der Waals surface area contributed by atoms with Crippen molar-refractivity contribution in [2.45, 2.75) is 37.8 Å². The maximum absolute atomic E-state index is 12.8. The lowest BCUT2D eigenvalue weighted by Crippen LogP contribution is -2.39. The number of hydrogen-bond acceptors (Lipinski definition) is 3. The summed E-state index contributed by atoms with van der Waals surface area (Å²) in [5.74, 6) is 0.898. The summed E-state index contributed by atoms with van der Waals surface area (Å²) in [7, 11) is 1.91. The number of aryl methyl sites for hydroxylation is 1. The molecule has 0 unspecified atom stereocenters. The average Bonchev–Trinajstić information content (AvgIpc) is 3.05. The van der Waals surface area contributed by atoms with Crippen LogP contribution in [0.1, 0.15) is 36.0 Å². The third-order valence-electron chi connectivity index (χ3n) is 5.04. The highest BCUT2D eigenvalue weighted by molar-refractivity contribution is 6.05. The Bertz CT molecular complexity index is 896. The van der Waals surface area contributed by atoms with E-state index >= 15 is 0 Å². The second-order valence-electron chi connectivity index (χ2n) is 6.91. The average molecular weight is 349 g/mol. The summed E-state index contributed by atoms with van der Waals surface area (Å²) in [6.45, 7) is 0. The number of imidazole rings is 1. The first-order valence-electron chi connectivity index (χ1n) is 9.13. The van der Waals surface area contributed by atoms with Gasteiger partial charge in [0.1, 0.15) is 5.75 Å². The van der Waals surface area contributed by atoms with Gasteiger partial charge in [0.2, 0.25) is 0 Å². The summed E-state index contributed by atoms with van der Waals surface area (Å²) in [6, 6.07) is 15.8. The molecule has 3 aromatic rings. The molecule has 0 spiro atoms. The van der Waals surface area contributed by atoms with Crippen LogP contribution in [0.3, 0.4) is 0 Å². The highest BCUT2D eigenvalue weighted by atomic mass is 16.5. The Morgan fingerprint density at radius 1 is 1.08 bits per heavy atom. The number of nitrogens with zero attached hydrogens (tertiary/aromatic N) is 2. The summed E-state index contributed by atoms with van der Waals surface area (Å²) < 4.78 is 7.93. The van der Waals surface area contributed by atoms with Crippen molar-refractivity contribution in [1.82, 2.24) is 14.9 Å². The van der Waals surface area contributed by atoms with Crippen molar-refractivity contribution in [2.24, 2.45) is 7.05 Å². The SMILES string of the molecule is Cn1cnc2cccc(C(=O)NC3CCC(Oc4ccccc4)CC3)c21. The smallest absolute Gasteiger partial charge is 0.253 e. The van der Waals surface area contributed by atoms with Gasteiger partial charge in [-0.15, -0.1) is 0 Å². The van der Waals surface area contributed by atoms with Crippen molar-refractivity contribution in [3.63, 3.8) is 0 Å². The van der Waals surface area contributed by atoms with Crippen LogP contribution in [-0.4, -0.2) is 27.6 Å². The summed E-state index contributed by atoms with van der Waals surface area (Å²) >= 11 is 0. The first-order valence-corrected chi connectivity index (χ1v) is 9.13. The van der Waals surface area contributed by atoms with Gasteiger partial charge in [-0.05, 0) is 49.9 Å². The lowest BCUT2D eigenvalue weighted by molar-refractivity contribution is 0.0895. The molecule has 1 amide bonds. The van der Waals surface area contributed by atoms with Crippen LogP contribution in [0, 0.1) is 0 Å². The number of benzene rings is 2. The number of rotatable bonds is 4. The van der Waals surface area contributed by atoms with Crippen molar-refractivity contribution in [3.8, 4) is 5.75 Å². The molecule has 0 aliphatic heterocycles. The van der Waals surface area contributed by atoms with Crippen LogP contribution in [0.4, 0.5) is 0 Å². The zero-order valence-electron chi connectivity index (χ0n) is 14.9. The van der Waals surface area contributed by atoms with E-state index in [1.165, 1.54) is 0 Å². The fraction of sp³-hybridized carbons (Fsp3) is 0.333. The number of hydrogen-bond donors (Lipinski definition) is 1. The lowest BCUT2D eigenvalue weighted by atomic mass is 9.92. The normalized spacial score (nSPS) is 20.0. The Morgan fingerprint density at radius 2 is 1.85 bits per heavy atom.